The molecule has 1 heterocycles. The largest absolute Gasteiger partial charge is 0.466 e. The van der Waals surface area contributed by atoms with Crippen molar-refractivity contribution in [2.75, 3.05) is 6.61 Å². The van der Waals surface area contributed by atoms with Gasteiger partial charge in [0.05, 0.1) is 18.6 Å². The van der Waals surface area contributed by atoms with Gasteiger partial charge < -0.3 is 4.74 Å². The second-order valence-electron chi connectivity index (χ2n) is 3.09. The van der Waals surface area contributed by atoms with E-state index in [1.54, 1.807) is 29.5 Å². The minimum Gasteiger partial charge on any atom is -0.466 e. The molecule has 0 aliphatic carbocycles. The quantitative estimate of drug-likeness (QED) is 0.460. The van der Waals surface area contributed by atoms with Crippen LogP contribution in [0.5, 0.6) is 0 Å². The van der Waals surface area contributed by atoms with Gasteiger partial charge in [-0.2, -0.15) is 0 Å². The Morgan fingerprint density at radius 2 is 2.29 bits per heavy atom. The molecule has 94 valence electrons. The number of esters is 1. The first-order valence-electron chi connectivity index (χ1n) is 4.74. The first kappa shape index (κ1) is 14.6. The van der Waals surface area contributed by atoms with Crippen LogP contribution < -0.4 is 0 Å². The van der Waals surface area contributed by atoms with Gasteiger partial charge in [0, 0.05) is 0 Å². The van der Waals surface area contributed by atoms with Crippen LogP contribution in [0.25, 0.3) is 0 Å². The third kappa shape index (κ3) is 4.02. The van der Waals surface area contributed by atoms with Crippen LogP contribution >= 0.6 is 34.2 Å². The molecule has 0 spiro atoms. The number of carbonyl (C=O) groups is 1. The average molecular weight is 376 g/mol. The van der Waals surface area contributed by atoms with Crippen molar-refractivity contribution >= 4 is 40.2 Å². The third-order valence-electron chi connectivity index (χ3n) is 1.92. The van der Waals surface area contributed by atoms with Gasteiger partial charge in [-0.3, -0.25) is 4.79 Å². The van der Waals surface area contributed by atoms with Crippen molar-refractivity contribution in [2.24, 2.45) is 0 Å². The van der Waals surface area contributed by atoms with Crippen LogP contribution in [-0.4, -0.2) is 17.6 Å². The van der Waals surface area contributed by atoms with Gasteiger partial charge in [-0.05, 0) is 41.1 Å². The van der Waals surface area contributed by atoms with Gasteiger partial charge in [0.25, 0.3) is 6.43 Å². The Kier molecular flexibility index (Phi) is 5.51. The van der Waals surface area contributed by atoms with Gasteiger partial charge in [0.1, 0.15) is 8.85 Å². The van der Waals surface area contributed by atoms with Crippen LogP contribution in [0.3, 0.4) is 0 Å². The SMILES string of the molecule is CCOC(=O)Cc1cc(Cl)nc(I)c1C(F)F. The summed E-state index contributed by atoms with van der Waals surface area (Å²) in [5.41, 5.74) is -0.106. The predicted octanol–water partition coefficient (Wildman–Crippen LogP) is 3.38. The number of hydrogen-bond donors (Lipinski definition) is 0. The van der Waals surface area contributed by atoms with Crippen molar-refractivity contribution in [1.82, 2.24) is 4.98 Å². The number of hydrogen-bond acceptors (Lipinski definition) is 3. The van der Waals surface area contributed by atoms with Crippen LogP contribution in [0.2, 0.25) is 5.15 Å². The van der Waals surface area contributed by atoms with Crippen molar-refractivity contribution in [3.63, 3.8) is 0 Å². The molecule has 3 nitrogen and oxygen atoms in total. The molecular formula is C10H9ClF2INO2. The van der Waals surface area contributed by atoms with E-state index in [1.807, 2.05) is 0 Å². The molecule has 0 radical (unpaired) electrons. The third-order valence-corrected chi connectivity index (χ3v) is 2.94. The molecular weight excluding hydrogens is 366 g/mol. The summed E-state index contributed by atoms with van der Waals surface area (Å²) in [6.45, 7) is 1.86. The van der Waals surface area contributed by atoms with Crippen molar-refractivity contribution in [3.8, 4) is 0 Å². The first-order chi connectivity index (χ1) is 7.95. The normalized spacial score (nSPS) is 10.7. The molecule has 0 N–H and O–H groups in total. The highest BCUT2D eigenvalue weighted by Gasteiger charge is 2.21. The number of nitrogens with zero attached hydrogens (tertiary/aromatic N) is 1. The van der Waals surface area contributed by atoms with Crippen molar-refractivity contribution in [2.45, 2.75) is 19.8 Å². The van der Waals surface area contributed by atoms with Crippen molar-refractivity contribution < 1.29 is 18.3 Å². The van der Waals surface area contributed by atoms with E-state index in [4.69, 9.17) is 16.3 Å². The van der Waals surface area contributed by atoms with Gasteiger partial charge in [0.2, 0.25) is 0 Å². The summed E-state index contributed by atoms with van der Waals surface area (Å²) in [5.74, 6) is -0.563. The fourth-order valence-corrected chi connectivity index (χ4v) is 2.48. The fraction of sp³-hybridized carbons (Fsp3) is 0.400. The van der Waals surface area contributed by atoms with Crippen molar-refractivity contribution in [1.29, 1.82) is 0 Å². The summed E-state index contributed by atoms with van der Waals surface area (Å²) in [4.78, 5) is 15.0. The smallest absolute Gasteiger partial charge is 0.310 e. The second-order valence-corrected chi connectivity index (χ2v) is 4.50. The lowest BCUT2D eigenvalue weighted by atomic mass is 10.1. The van der Waals surface area contributed by atoms with Crippen LogP contribution in [-0.2, 0) is 16.0 Å². The number of ether oxygens (including phenoxy) is 1. The lowest BCUT2D eigenvalue weighted by Gasteiger charge is -2.10. The van der Waals surface area contributed by atoms with Crippen LogP contribution in [0, 0.1) is 3.70 Å². The molecule has 17 heavy (non-hydrogen) atoms. The van der Waals surface area contributed by atoms with Crippen LogP contribution in [0.4, 0.5) is 8.78 Å². The molecule has 1 aromatic rings. The predicted molar refractivity (Wildman–Crippen MR) is 67.3 cm³/mol. The second kappa shape index (κ2) is 6.44. The van der Waals surface area contributed by atoms with E-state index >= 15 is 0 Å². The Balaban J connectivity index is 3.08. The standard InChI is InChI=1S/C10H9ClF2INO2/c1-2-17-7(16)4-5-3-6(11)15-10(14)8(5)9(12)13/h3,9H,2,4H2,1H3. The maximum absolute atomic E-state index is 12.8. The molecule has 0 aliphatic rings. The number of aromatic nitrogens is 1. The molecule has 1 rings (SSSR count). The number of pyridine rings is 1. The summed E-state index contributed by atoms with van der Waals surface area (Å²) in [6.07, 6.45) is -2.93. The lowest BCUT2D eigenvalue weighted by Crippen LogP contribution is -2.11. The Labute approximate surface area is 116 Å². The average Bonchev–Trinajstić information content (AvgIpc) is 2.15. The minimum atomic E-state index is -2.70. The molecule has 0 saturated carbocycles. The Bertz CT molecular complexity index is 429. The highest BCUT2D eigenvalue weighted by atomic mass is 127. The topological polar surface area (TPSA) is 39.2 Å². The van der Waals surface area contributed by atoms with Crippen LogP contribution in [0.1, 0.15) is 24.5 Å². The number of rotatable bonds is 4. The summed E-state index contributed by atoms with van der Waals surface area (Å²) in [6, 6.07) is 1.27. The monoisotopic (exact) mass is 375 g/mol. The Morgan fingerprint density at radius 3 is 2.82 bits per heavy atom. The van der Waals surface area contributed by atoms with E-state index < -0.39 is 12.4 Å². The van der Waals surface area contributed by atoms with E-state index in [9.17, 15) is 13.6 Å². The molecule has 1 aromatic heterocycles. The Hall–Kier alpha value is -0.500. The summed E-state index contributed by atoms with van der Waals surface area (Å²) in [7, 11) is 0. The fourth-order valence-electron chi connectivity index (χ4n) is 1.28. The van der Waals surface area contributed by atoms with Gasteiger partial charge in [-0.25, -0.2) is 13.8 Å². The molecule has 0 bridgehead atoms. The summed E-state index contributed by atoms with van der Waals surface area (Å²) >= 11 is 7.34. The highest BCUT2D eigenvalue weighted by molar-refractivity contribution is 14.1. The molecule has 0 amide bonds. The van der Waals surface area contributed by atoms with E-state index in [1.165, 1.54) is 6.07 Å². The Morgan fingerprint density at radius 1 is 1.65 bits per heavy atom. The number of halogens is 4. The van der Waals surface area contributed by atoms with E-state index in [2.05, 4.69) is 4.98 Å². The van der Waals surface area contributed by atoms with Gasteiger partial charge in [-0.1, -0.05) is 11.6 Å². The van der Waals surface area contributed by atoms with E-state index in [-0.39, 0.29) is 33.0 Å². The highest BCUT2D eigenvalue weighted by Crippen LogP contribution is 2.29. The lowest BCUT2D eigenvalue weighted by molar-refractivity contribution is -0.142. The van der Waals surface area contributed by atoms with Gasteiger partial charge >= 0.3 is 5.97 Å². The maximum atomic E-state index is 12.8. The number of alkyl halides is 2. The summed E-state index contributed by atoms with van der Waals surface area (Å²) in [5, 5.41) is 0.0816. The van der Waals surface area contributed by atoms with E-state index in [0.717, 1.165) is 0 Å². The molecule has 0 unspecified atom stereocenters. The molecule has 0 saturated heterocycles. The van der Waals surface area contributed by atoms with Gasteiger partial charge in [-0.15, -0.1) is 0 Å². The molecule has 0 aliphatic heterocycles. The zero-order valence-corrected chi connectivity index (χ0v) is 11.8. The maximum Gasteiger partial charge on any atom is 0.310 e. The molecule has 0 atom stereocenters. The number of carbonyl (C=O) groups excluding carboxylic acids is 1. The zero-order valence-electron chi connectivity index (χ0n) is 8.84. The van der Waals surface area contributed by atoms with E-state index in [0.29, 0.717) is 0 Å². The van der Waals surface area contributed by atoms with Crippen molar-refractivity contribution in [3.05, 3.63) is 26.0 Å². The minimum absolute atomic E-state index is 0.0816. The molecule has 0 fully saturated rings. The first-order valence-corrected chi connectivity index (χ1v) is 6.20. The molecule has 0 aromatic carbocycles. The molecule has 7 heteroatoms. The summed E-state index contributed by atoms with van der Waals surface area (Å²) < 4.78 is 30.4. The van der Waals surface area contributed by atoms with Gasteiger partial charge in [0.15, 0.2) is 0 Å². The van der Waals surface area contributed by atoms with Crippen LogP contribution in [0.15, 0.2) is 6.07 Å². The zero-order chi connectivity index (χ0) is 13.0.